The third kappa shape index (κ3) is 7.05. The highest BCUT2D eigenvalue weighted by molar-refractivity contribution is 5.67. The van der Waals surface area contributed by atoms with Crippen LogP contribution in [-0.4, -0.2) is 45.7 Å². The Kier molecular flexibility index (Phi) is 10.9. The molecule has 1 amide bonds. The lowest BCUT2D eigenvalue weighted by Crippen LogP contribution is -2.51. The maximum absolute atomic E-state index is 12.4. The largest absolute Gasteiger partial charge is 0.446 e. The van der Waals surface area contributed by atoms with Crippen molar-refractivity contribution in [1.82, 2.24) is 5.32 Å². The van der Waals surface area contributed by atoms with Gasteiger partial charge in [0.25, 0.3) is 0 Å². The van der Waals surface area contributed by atoms with E-state index in [2.05, 4.69) is 46.0 Å². The summed E-state index contributed by atoms with van der Waals surface area (Å²) in [5.41, 5.74) is 2.41. The normalized spacial score (nSPS) is 36.5. The number of allylic oxidation sites excluding steroid dienone is 1. The van der Waals surface area contributed by atoms with Gasteiger partial charge in [-0.1, -0.05) is 65.5 Å². The fourth-order valence-electron chi connectivity index (χ4n) is 9.55. The summed E-state index contributed by atoms with van der Waals surface area (Å²) in [4.78, 5) is 12.4. The third-order valence-corrected chi connectivity index (χ3v) is 11.7. The topological polar surface area (TPSA) is 56.8 Å². The summed E-state index contributed by atoms with van der Waals surface area (Å²) in [6.07, 6.45) is 17.3. The van der Waals surface area contributed by atoms with Gasteiger partial charge in [-0.15, -0.1) is 0 Å². The number of alkyl carbamates (subject to hydrolysis) is 1. The van der Waals surface area contributed by atoms with Crippen LogP contribution in [-0.2, 0) is 14.2 Å². The number of fused-ring (bicyclic) bond motifs is 5. The fraction of sp³-hybridized carbons (Fsp3) is 0.912. The molecule has 0 unspecified atom stereocenters. The average molecular weight is 546 g/mol. The molecule has 4 aliphatic rings. The SMILES string of the molecule is COCCOCCCNC(=O)O[C@H]1CC[C@@]2(C)C(=CC[C@H]3[C@@H]4CC[C@H]([C@H](C)CCCC(C)C)[C@@]4(C)CC[C@@H]32)C1. The number of ether oxygens (including phenoxy) is 3. The van der Waals surface area contributed by atoms with Crippen LogP contribution in [0.2, 0.25) is 0 Å². The maximum Gasteiger partial charge on any atom is 0.407 e. The standard InChI is InChI=1S/C34H59NO4/c1-24(2)9-7-10-25(3)29-13-14-30-28-12-11-26-23-27(39-32(36)35-19-8-20-38-22-21-37-6)15-17-33(26,4)31(28)16-18-34(29,30)5/h11,24-25,27-31H,7-10,12-23H2,1-6H3,(H,35,36)/t25-,27+,28+,29-,30+,31+,33+,34-/m1/s1. The smallest absolute Gasteiger partial charge is 0.407 e. The molecule has 0 aromatic rings. The van der Waals surface area contributed by atoms with Gasteiger partial charge in [0.1, 0.15) is 6.10 Å². The van der Waals surface area contributed by atoms with Crippen LogP contribution in [0, 0.1) is 46.3 Å². The Morgan fingerprint density at radius 1 is 1.00 bits per heavy atom. The first kappa shape index (κ1) is 30.9. The fourth-order valence-corrected chi connectivity index (χ4v) is 9.55. The van der Waals surface area contributed by atoms with E-state index in [1.807, 2.05) is 0 Å². The van der Waals surface area contributed by atoms with Gasteiger partial charge in [-0.25, -0.2) is 4.79 Å². The Morgan fingerprint density at radius 3 is 2.59 bits per heavy atom. The van der Waals surface area contributed by atoms with Crippen LogP contribution in [0.5, 0.6) is 0 Å². The molecule has 0 aromatic carbocycles. The molecule has 224 valence electrons. The van der Waals surface area contributed by atoms with E-state index >= 15 is 0 Å². The Balaban J connectivity index is 1.29. The second kappa shape index (κ2) is 13.7. The summed E-state index contributed by atoms with van der Waals surface area (Å²) in [5, 5.41) is 2.92. The van der Waals surface area contributed by atoms with E-state index < -0.39 is 0 Å². The minimum absolute atomic E-state index is 0.00948. The van der Waals surface area contributed by atoms with Crippen LogP contribution in [0.15, 0.2) is 11.6 Å². The second-order valence-electron chi connectivity index (χ2n) is 14.4. The number of hydrogen-bond acceptors (Lipinski definition) is 4. The zero-order chi connectivity index (χ0) is 28.0. The van der Waals surface area contributed by atoms with Crippen LogP contribution >= 0.6 is 0 Å². The highest BCUT2D eigenvalue weighted by Crippen LogP contribution is 2.67. The second-order valence-corrected chi connectivity index (χ2v) is 14.4. The van der Waals surface area contributed by atoms with Crippen molar-refractivity contribution >= 4 is 6.09 Å². The molecule has 0 aliphatic heterocycles. The van der Waals surface area contributed by atoms with E-state index in [1.165, 1.54) is 51.4 Å². The Labute approximate surface area is 239 Å². The molecule has 3 saturated carbocycles. The summed E-state index contributed by atoms with van der Waals surface area (Å²) < 4.78 is 16.3. The number of hydrogen-bond donors (Lipinski definition) is 1. The molecule has 4 aliphatic carbocycles. The van der Waals surface area contributed by atoms with Gasteiger partial charge >= 0.3 is 6.09 Å². The highest BCUT2D eigenvalue weighted by atomic mass is 16.6. The third-order valence-electron chi connectivity index (χ3n) is 11.7. The Morgan fingerprint density at radius 2 is 1.82 bits per heavy atom. The predicted octanol–water partition coefficient (Wildman–Crippen LogP) is 8.18. The minimum atomic E-state index is -0.275. The van der Waals surface area contributed by atoms with Crippen molar-refractivity contribution in [2.45, 2.75) is 118 Å². The van der Waals surface area contributed by atoms with Crippen LogP contribution in [0.3, 0.4) is 0 Å². The average Bonchev–Trinajstić information content (AvgIpc) is 3.25. The van der Waals surface area contributed by atoms with Gasteiger partial charge in [0.2, 0.25) is 0 Å². The van der Waals surface area contributed by atoms with Crippen molar-refractivity contribution in [3.63, 3.8) is 0 Å². The van der Waals surface area contributed by atoms with Gasteiger partial charge in [0.05, 0.1) is 13.2 Å². The van der Waals surface area contributed by atoms with Crippen molar-refractivity contribution in [2.24, 2.45) is 46.3 Å². The summed E-state index contributed by atoms with van der Waals surface area (Å²) in [7, 11) is 1.67. The lowest BCUT2D eigenvalue weighted by molar-refractivity contribution is -0.0581. The van der Waals surface area contributed by atoms with Crippen molar-refractivity contribution < 1.29 is 19.0 Å². The van der Waals surface area contributed by atoms with E-state index in [1.54, 1.807) is 12.7 Å². The monoisotopic (exact) mass is 545 g/mol. The van der Waals surface area contributed by atoms with Gasteiger partial charge in [0.15, 0.2) is 0 Å². The van der Waals surface area contributed by atoms with E-state index in [9.17, 15) is 4.79 Å². The van der Waals surface area contributed by atoms with Crippen molar-refractivity contribution in [2.75, 3.05) is 33.5 Å². The Hall–Kier alpha value is -1.07. The highest BCUT2D eigenvalue weighted by Gasteiger charge is 2.59. The first-order valence-electron chi connectivity index (χ1n) is 16.4. The van der Waals surface area contributed by atoms with E-state index in [0.717, 1.165) is 61.2 Å². The minimum Gasteiger partial charge on any atom is -0.446 e. The molecule has 5 heteroatoms. The van der Waals surface area contributed by atoms with Crippen molar-refractivity contribution in [1.29, 1.82) is 0 Å². The van der Waals surface area contributed by atoms with Crippen LogP contribution < -0.4 is 5.32 Å². The molecule has 0 radical (unpaired) electrons. The number of rotatable bonds is 13. The summed E-state index contributed by atoms with van der Waals surface area (Å²) in [6.45, 7) is 14.9. The van der Waals surface area contributed by atoms with Crippen LogP contribution in [0.1, 0.15) is 112 Å². The summed E-state index contributed by atoms with van der Waals surface area (Å²) in [6, 6.07) is 0. The molecular weight excluding hydrogens is 486 g/mol. The van der Waals surface area contributed by atoms with Crippen LogP contribution in [0.25, 0.3) is 0 Å². The van der Waals surface area contributed by atoms with Gasteiger partial charge in [-0.05, 0) is 97.7 Å². The molecule has 0 spiro atoms. The molecule has 39 heavy (non-hydrogen) atoms. The molecule has 0 heterocycles. The van der Waals surface area contributed by atoms with Gasteiger partial charge in [0, 0.05) is 26.7 Å². The molecule has 1 N–H and O–H groups in total. The summed E-state index contributed by atoms with van der Waals surface area (Å²) >= 11 is 0. The van der Waals surface area contributed by atoms with E-state index in [4.69, 9.17) is 14.2 Å². The Bertz CT molecular complexity index is 826. The van der Waals surface area contributed by atoms with Gasteiger partial charge in [-0.3, -0.25) is 0 Å². The number of methoxy groups -OCH3 is 1. The lowest BCUT2D eigenvalue weighted by Gasteiger charge is -2.58. The van der Waals surface area contributed by atoms with Gasteiger partial charge in [-0.2, -0.15) is 0 Å². The van der Waals surface area contributed by atoms with Crippen LogP contribution in [0.4, 0.5) is 4.79 Å². The molecular formula is C34H59NO4. The molecule has 4 rings (SSSR count). The van der Waals surface area contributed by atoms with E-state index in [-0.39, 0.29) is 12.2 Å². The summed E-state index contributed by atoms with van der Waals surface area (Å²) in [5.74, 6) is 5.14. The molecule has 0 aromatic heterocycles. The zero-order valence-electron chi connectivity index (χ0n) is 26.1. The molecule has 3 fully saturated rings. The van der Waals surface area contributed by atoms with E-state index in [0.29, 0.717) is 37.2 Å². The number of amides is 1. The number of nitrogens with one attached hydrogen (secondary N) is 1. The molecule has 0 saturated heterocycles. The first-order chi connectivity index (χ1) is 18.7. The van der Waals surface area contributed by atoms with Crippen molar-refractivity contribution in [3.8, 4) is 0 Å². The zero-order valence-corrected chi connectivity index (χ0v) is 26.1. The lowest BCUT2D eigenvalue weighted by atomic mass is 9.47. The molecule has 8 atom stereocenters. The maximum atomic E-state index is 12.4. The molecule has 5 nitrogen and oxygen atoms in total. The van der Waals surface area contributed by atoms with Crippen molar-refractivity contribution in [3.05, 3.63) is 11.6 Å². The first-order valence-corrected chi connectivity index (χ1v) is 16.4. The molecule has 0 bridgehead atoms. The predicted molar refractivity (Wildman–Crippen MR) is 159 cm³/mol. The number of carbonyl (C=O) groups excluding carboxylic acids is 1. The van der Waals surface area contributed by atoms with Gasteiger partial charge < -0.3 is 19.5 Å². The number of carbonyl (C=O) groups is 1. The quantitative estimate of drug-likeness (QED) is 0.187.